The van der Waals surface area contributed by atoms with E-state index in [2.05, 4.69) is 10.3 Å². The maximum atomic E-state index is 14.5. The first-order chi connectivity index (χ1) is 13.8. The number of aromatic nitrogens is 2. The first-order valence-electron chi connectivity index (χ1n) is 8.67. The molecule has 5 nitrogen and oxygen atoms in total. The van der Waals surface area contributed by atoms with Crippen LogP contribution in [-0.2, 0) is 13.0 Å². The summed E-state index contributed by atoms with van der Waals surface area (Å²) in [5, 5.41) is 2.88. The Balaban J connectivity index is 2.01. The summed E-state index contributed by atoms with van der Waals surface area (Å²) < 4.78 is 61.1. The van der Waals surface area contributed by atoms with Crippen molar-refractivity contribution in [3.05, 3.63) is 81.3 Å². The maximum absolute atomic E-state index is 14.5. The van der Waals surface area contributed by atoms with E-state index in [-0.39, 0.29) is 23.8 Å². The second-order valence-corrected chi connectivity index (χ2v) is 6.18. The third kappa shape index (κ3) is 4.23. The van der Waals surface area contributed by atoms with E-state index in [0.717, 1.165) is 18.2 Å². The summed E-state index contributed by atoms with van der Waals surface area (Å²) in [6.45, 7) is 1.64. The van der Waals surface area contributed by atoms with Gasteiger partial charge in [-0.3, -0.25) is 4.79 Å². The van der Waals surface area contributed by atoms with Gasteiger partial charge in [0.1, 0.15) is 0 Å². The number of benzene rings is 2. The molecule has 1 heterocycles. The number of halogens is 4. The molecule has 0 bridgehead atoms. The quantitative estimate of drug-likeness (QED) is 0.493. The number of methoxy groups -OCH3 is 1. The summed E-state index contributed by atoms with van der Waals surface area (Å²) in [6.07, 6.45) is 1.69. The van der Waals surface area contributed by atoms with Gasteiger partial charge >= 0.3 is 0 Å². The minimum atomic E-state index is -1.56. The molecule has 9 heteroatoms. The number of rotatable bonds is 6. The van der Waals surface area contributed by atoms with Gasteiger partial charge in [-0.2, -0.15) is 4.98 Å². The van der Waals surface area contributed by atoms with Crippen LogP contribution in [0, 0.1) is 23.3 Å². The molecule has 0 aliphatic heterocycles. The smallest absolute Gasteiger partial charge is 0.274 e. The Hall–Kier alpha value is -3.36. The van der Waals surface area contributed by atoms with E-state index in [1.54, 1.807) is 13.0 Å². The molecule has 0 atom stereocenters. The molecule has 3 aromatic rings. The Labute approximate surface area is 163 Å². The molecule has 0 aliphatic carbocycles. The normalized spacial score (nSPS) is 10.8. The van der Waals surface area contributed by atoms with Crippen molar-refractivity contribution in [3.63, 3.8) is 0 Å². The number of ether oxygens (including phenoxy) is 1. The molecule has 0 saturated carbocycles. The molecule has 0 amide bonds. The van der Waals surface area contributed by atoms with Gasteiger partial charge in [-0.05, 0) is 36.2 Å². The highest BCUT2D eigenvalue weighted by Crippen LogP contribution is 2.29. The summed E-state index contributed by atoms with van der Waals surface area (Å²) in [5.41, 5.74) is 0.223. The van der Waals surface area contributed by atoms with Crippen molar-refractivity contribution in [3.8, 4) is 5.75 Å². The van der Waals surface area contributed by atoms with Crippen molar-refractivity contribution in [2.24, 2.45) is 0 Å². The van der Waals surface area contributed by atoms with Crippen molar-refractivity contribution >= 4 is 11.6 Å². The molecule has 1 aromatic heterocycles. The van der Waals surface area contributed by atoms with Gasteiger partial charge in [0.05, 0.1) is 13.7 Å². The van der Waals surface area contributed by atoms with Crippen molar-refractivity contribution in [2.45, 2.75) is 19.9 Å². The highest BCUT2D eigenvalue weighted by Gasteiger charge is 2.16. The molecular weight excluding hydrogens is 390 g/mol. The van der Waals surface area contributed by atoms with E-state index >= 15 is 0 Å². The summed E-state index contributed by atoms with van der Waals surface area (Å²) in [5.74, 6) is -4.66. The van der Waals surface area contributed by atoms with Crippen LogP contribution >= 0.6 is 0 Å². The van der Waals surface area contributed by atoms with Crippen LogP contribution in [0.15, 0.2) is 41.3 Å². The fraction of sp³-hybridized carbons (Fsp3) is 0.200. The SMILES string of the molecule is CCc1c(Nc2nc(=O)ccn2Cc2cc(F)c(F)c(F)c2)ccc(OC)c1F. The monoisotopic (exact) mass is 407 g/mol. The van der Waals surface area contributed by atoms with Gasteiger partial charge in [0.15, 0.2) is 29.0 Å². The van der Waals surface area contributed by atoms with E-state index in [1.165, 1.54) is 23.9 Å². The predicted octanol–water partition coefficient (Wildman–Crippen LogP) is 4.16. The van der Waals surface area contributed by atoms with Gasteiger partial charge in [0.25, 0.3) is 5.56 Å². The first-order valence-corrected chi connectivity index (χ1v) is 8.67. The highest BCUT2D eigenvalue weighted by atomic mass is 19.2. The molecular formula is C20H17F4N3O2. The number of hydrogen-bond acceptors (Lipinski definition) is 4. The predicted molar refractivity (Wildman–Crippen MR) is 99.5 cm³/mol. The highest BCUT2D eigenvalue weighted by molar-refractivity contribution is 5.61. The Morgan fingerprint density at radius 1 is 1.07 bits per heavy atom. The zero-order chi connectivity index (χ0) is 21.1. The second kappa shape index (κ2) is 8.34. The summed E-state index contributed by atoms with van der Waals surface area (Å²) >= 11 is 0. The zero-order valence-corrected chi connectivity index (χ0v) is 15.6. The number of hydrogen-bond donors (Lipinski definition) is 1. The molecule has 0 spiro atoms. The van der Waals surface area contributed by atoms with Crippen molar-refractivity contribution in [1.82, 2.24) is 9.55 Å². The molecule has 2 aromatic carbocycles. The minimum absolute atomic E-state index is 0.0295. The van der Waals surface area contributed by atoms with Crippen molar-refractivity contribution in [2.75, 3.05) is 12.4 Å². The van der Waals surface area contributed by atoms with Crippen LogP contribution in [0.3, 0.4) is 0 Å². The Bertz CT molecular complexity index is 1090. The van der Waals surface area contributed by atoms with E-state index in [9.17, 15) is 22.4 Å². The Morgan fingerprint density at radius 3 is 2.38 bits per heavy atom. The topological polar surface area (TPSA) is 56.2 Å². The lowest BCUT2D eigenvalue weighted by Gasteiger charge is -2.17. The zero-order valence-electron chi connectivity index (χ0n) is 15.6. The molecule has 3 rings (SSSR count). The second-order valence-electron chi connectivity index (χ2n) is 6.18. The van der Waals surface area contributed by atoms with Gasteiger partial charge in [-0.1, -0.05) is 6.92 Å². The molecule has 152 valence electrons. The molecule has 1 N–H and O–H groups in total. The van der Waals surface area contributed by atoms with Crippen LogP contribution in [-0.4, -0.2) is 16.7 Å². The van der Waals surface area contributed by atoms with Gasteiger partial charge in [0.2, 0.25) is 5.95 Å². The van der Waals surface area contributed by atoms with E-state index in [4.69, 9.17) is 4.74 Å². The fourth-order valence-electron chi connectivity index (χ4n) is 2.89. The molecule has 0 saturated heterocycles. The number of nitrogens with zero attached hydrogens (tertiary/aromatic N) is 2. The standard InChI is InChI=1S/C20H17F4N3O2/c1-3-12-15(4-5-16(29-2)18(12)23)25-20-26-17(28)6-7-27(20)10-11-8-13(21)19(24)14(22)9-11/h4-9H,3,10H2,1-2H3,(H,25,26,28). The average molecular weight is 407 g/mol. The molecule has 0 radical (unpaired) electrons. The summed E-state index contributed by atoms with van der Waals surface area (Å²) in [7, 11) is 1.35. The maximum Gasteiger partial charge on any atom is 0.274 e. The third-order valence-electron chi connectivity index (χ3n) is 4.31. The van der Waals surface area contributed by atoms with E-state index in [0.29, 0.717) is 17.7 Å². The molecule has 0 aliphatic rings. The van der Waals surface area contributed by atoms with Crippen LogP contribution in [0.2, 0.25) is 0 Å². The van der Waals surface area contributed by atoms with Crippen molar-refractivity contribution in [1.29, 1.82) is 0 Å². The molecule has 0 fully saturated rings. The Morgan fingerprint density at radius 2 is 1.76 bits per heavy atom. The van der Waals surface area contributed by atoms with E-state index in [1.807, 2.05) is 0 Å². The number of nitrogens with one attached hydrogen (secondary N) is 1. The lowest BCUT2D eigenvalue weighted by Crippen LogP contribution is -2.17. The van der Waals surface area contributed by atoms with Gasteiger partial charge < -0.3 is 14.6 Å². The lowest BCUT2D eigenvalue weighted by atomic mass is 10.1. The van der Waals surface area contributed by atoms with Gasteiger partial charge in [-0.15, -0.1) is 0 Å². The van der Waals surface area contributed by atoms with Gasteiger partial charge in [0, 0.05) is 23.5 Å². The van der Waals surface area contributed by atoms with Crippen LogP contribution in [0.25, 0.3) is 0 Å². The average Bonchev–Trinajstić information content (AvgIpc) is 2.68. The van der Waals surface area contributed by atoms with Crippen LogP contribution in [0.4, 0.5) is 29.2 Å². The van der Waals surface area contributed by atoms with Crippen LogP contribution in [0.1, 0.15) is 18.1 Å². The fourth-order valence-corrected chi connectivity index (χ4v) is 2.89. The Kier molecular flexibility index (Phi) is 5.86. The number of anilines is 2. The van der Waals surface area contributed by atoms with Crippen molar-refractivity contribution < 1.29 is 22.3 Å². The van der Waals surface area contributed by atoms with Crippen LogP contribution < -0.4 is 15.6 Å². The summed E-state index contributed by atoms with van der Waals surface area (Å²) in [4.78, 5) is 15.6. The largest absolute Gasteiger partial charge is 0.494 e. The van der Waals surface area contributed by atoms with Crippen LogP contribution in [0.5, 0.6) is 5.75 Å². The molecule has 29 heavy (non-hydrogen) atoms. The van der Waals surface area contributed by atoms with Gasteiger partial charge in [-0.25, -0.2) is 17.6 Å². The summed E-state index contributed by atoms with van der Waals surface area (Å²) in [6, 6.07) is 5.86. The first kappa shape index (κ1) is 20.4. The minimum Gasteiger partial charge on any atom is -0.494 e. The van der Waals surface area contributed by atoms with E-state index < -0.39 is 28.8 Å². The lowest BCUT2D eigenvalue weighted by molar-refractivity contribution is 0.384. The molecule has 0 unspecified atom stereocenters. The third-order valence-corrected chi connectivity index (χ3v) is 4.31.